The number of benzene rings is 1. The van der Waals surface area contributed by atoms with E-state index >= 15 is 0 Å². The van der Waals surface area contributed by atoms with Crippen LogP contribution in [0.5, 0.6) is 0 Å². The van der Waals surface area contributed by atoms with Crippen LogP contribution in [0.15, 0.2) is 47.4 Å². The summed E-state index contributed by atoms with van der Waals surface area (Å²) in [5.74, 6) is 2.63. The summed E-state index contributed by atoms with van der Waals surface area (Å²) in [4.78, 5) is 15.9. The minimum atomic E-state index is 0.569. The first-order chi connectivity index (χ1) is 12.8. The average Bonchev–Trinajstić information content (AvgIpc) is 3.25. The molecular weight excluding hydrogens is 326 g/mol. The number of para-hydroxylation sites is 1. The van der Waals surface area contributed by atoms with Crippen molar-refractivity contribution < 1.29 is 4.42 Å². The van der Waals surface area contributed by atoms with Crippen LogP contribution in [-0.2, 0) is 13.5 Å². The van der Waals surface area contributed by atoms with E-state index in [0.29, 0.717) is 5.92 Å². The molecule has 6 heteroatoms. The quantitative estimate of drug-likeness (QED) is 0.567. The number of aryl methyl sites for hydroxylation is 1. The van der Waals surface area contributed by atoms with Gasteiger partial charge >= 0.3 is 0 Å². The molecule has 1 aromatic carbocycles. The zero-order valence-corrected chi connectivity index (χ0v) is 14.8. The largest absolute Gasteiger partial charge is 0.450 e. The Bertz CT molecular complexity index is 1070. The van der Waals surface area contributed by atoms with E-state index in [1.165, 1.54) is 6.42 Å². The van der Waals surface area contributed by atoms with E-state index in [9.17, 15) is 0 Å². The summed E-state index contributed by atoms with van der Waals surface area (Å²) in [6.45, 7) is 1.97. The molecule has 26 heavy (non-hydrogen) atoms. The Morgan fingerprint density at radius 1 is 1.19 bits per heavy atom. The Labute approximate surface area is 151 Å². The van der Waals surface area contributed by atoms with Crippen LogP contribution < -0.4 is 4.90 Å². The van der Waals surface area contributed by atoms with E-state index in [1.807, 2.05) is 30.6 Å². The van der Waals surface area contributed by atoms with Gasteiger partial charge in [0.25, 0.3) is 0 Å². The Kier molecular flexibility index (Phi) is 3.62. The zero-order chi connectivity index (χ0) is 17.5. The van der Waals surface area contributed by atoms with Crippen LogP contribution in [0, 0.1) is 5.92 Å². The topological polar surface area (TPSA) is 60.0 Å². The maximum atomic E-state index is 6.11. The number of hydrogen-bond acceptors (Lipinski definition) is 5. The highest BCUT2D eigenvalue weighted by molar-refractivity contribution is 6.05. The molecule has 0 radical (unpaired) electrons. The highest BCUT2D eigenvalue weighted by atomic mass is 16.3. The number of aromatic nitrogens is 4. The molecular formula is C20H21N5O. The van der Waals surface area contributed by atoms with Gasteiger partial charge in [-0.15, -0.1) is 0 Å². The molecule has 1 atom stereocenters. The fraction of sp³-hybridized carbons (Fsp3) is 0.350. The van der Waals surface area contributed by atoms with Crippen LogP contribution in [0.25, 0.3) is 22.1 Å². The third-order valence-electron chi connectivity index (χ3n) is 5.35. The predicted octanol–water partition coefficient (Wildman–Crippen LogP) is 3.57. The third kappa shape index (κ3) is 2.53. The molecule has 4 heterocycles. The number of anilines is 1. The van der Waals surface area contributed by atoms with Crippen molar-refractivity contribution in [3.63, 3.8) is 0 Å². The maximum Gasteiger partial charge on any atom is 0.196 e. The summed E-state index contributed by atoms with van der Waals surface area (Å²) in [6, 6.07) is 8.05. The molecule has 132 valence electrons. The molecule has 0 unspecified atom stereocenters. The average molecular weight is 347 g/mol. The Hall–Kier alpha value is -2.89. The van der Waals surface area contributed by atoms with Gasteiger partial charge in [0.2, 0.25) is 0 Å². The first-order valence-corrected chi connectivity index (χ1v) is 9.13. The van der Waals surface area contributed by atoms with E-state index in [2.05, 4.69) is 37.5 Å². The van der Waals surface area contributed by atoms with E-state index < -0.39 is 0 Å². The number of furan rings is 1. The van der Waals surface area contributed by atoms with Crippen LogP contribution in [0.2, 0.25) is 0 Å². The lowest BCUT2D eigenvalue weighted by molar-refractivity contribution is 0.401. The van der Waals surface area contributed by atoms with Crippen molar-refractivity contribution in [3.8, 4) is 0 Å². The molecule has 4 aromatic rings. The summed E-state index contributed by atoms with van der Waals surface area (Å²) in [6.07, 6.45) is 8.91. The van der Waals surface area contributed by atoms with Crippen LogP contribution in [-0.4, -0.2) is 32.6 Å². The number of piperidine rings is 1. The molecule has 0 spiro atoms. The molecule has 1 saturated heterocycles. The third-order valence-corrected chi connectivity index (χ3v) is 5.35. The molecule has 0 bridgehead atoms. The van der Waals surface area contributed by atoms with Gasteiger partial charge in [-0.05, 0) is 30.9 Å². The van der Waals surface area contributed by atoms with Crippen LogP contribution >= 0.6 is 0 Å². The molecule has 1 aliphatic heterocycles. The molecule has 0 N–H and O–H groups in total. The number of rotatable bonds is 3. The van der Waals surface area contributed by atoms with Gasteiger partial charge in [0.15, 0.2) is 11.4 Å². The molecule has 1 fully saturated rings. The van der Waals surface area contributed by atoms with Crippen molar-refractivity contribution in [2.45, 2.75) is 19.3 Å². The summed E-state index contributed by atoms with van der Waals surface area (Å²) in [7, 11) is 2.06. The smallest absolute Gasteiger partial charge is 0.196 e. The van der Waals surface area contributed by atoms with Crippen molar-refractivity contribution in [2.24, 2.45) is 13.0 Å². The summed E-state index contributed by atoms with van der Waals surface area (Å²) in [5, 5.41) is 1.05. The molecule has 0 aliphatic carbocycles. The molecule has 6 nitrogen and oxygen atoms in total. The van der Waals surface area contributed by atoms with Crippen LogP contribution in [0.1, 0.15) is 18.7 Å². The minimum Gasteiger partial charge on any atom is -0.450 e. The maximum absolute atomic E-state index is 6.11. The van der Waals surface area contributed by atoms with E-state index in [-0.39, 0.29) is 0 Å². The Morgan fingerprint density at radius 2 is 2.12 bits per heavy atom. The minimum absolute atomic E-state index is 0.569. The highest BCUT2D eigenvalue weighted by Gasteiger charge is 2.25. The lowest BCUT2D eigenvalue weighted by Crippen LogP contribution is -2.37. The number of imidazole rings is 1. The summed E-state index contributed by atoms with van der Waals surface area (Å²) in [5.41, 5.74) is 2.56. The van der Waals surface area contributed by atoms with E-state index in [4.69, 9.17) is 4.42 Å². The van der Waals surface area contributed by atoms with Crippen molar-refractivity contribution in [2.75, 3.05) is 18.0 Å². The predicted molar refractivity (Wildman–Crippen MR) is 101 cm³/mol. The second-order valence-electron chi connectivity index (χ2n) is 7.09. The summed E-state index contributed by atoms with van der Waals surface area (Å²) >= 11 is 0. The zero-order valence-electron chi connectivity index (χ0n) is 14.8. The highest BCUT2D eigenvalue weighted by Crippen LogP contribution is 2.34. The van der Waals surface area contributed by atoms with Crippen molar-refractivity contribution in [3.05, 3.63) is 48.8 Å². The second kappa shape index (κ2) is 6.12. The molecule has 1 aliphatic rings. The normalized spacial score (nSPS) is 18.0. The SMILES string of the molecule is Cn1ccnc1C[C@H]1CCCN(c2ncnc3c2oc2ccccc23)C1. The lowest BCUT2D eigenvalue weighted by Gasteiger charge is -2.33. The van der Waals surface area contributed by atoms with Crippen molar-refractivity contribution in [1.29, 1.82) is 0 Å². The van der Waals surface area contributed by atoms with Crippen molar-refractivity contribution >= 4 is 27.9 Å². The number of hydrogen-bond donors (Lipinski definition) is 0. The Morgan fingerprint density at radius 3 is 3.00 bits per heavy atom. The number of nitrogens with zero attached hydrogens (tertiary/aromatic N) is 5. The van der Waals surface area contributed by atoms with Crippen LogP contribution in [0.3, 0.4) is 0 Å². The van der Waals surface area contributed by atoms with Gasteiger partial charge < -0.3 is 13.9 Å². The lowest BCUT2D eigenvalue weighted by atomic mass is 9.94. The van der Waals surface area contributed by atoms with E-state index in [1.54, 1.807) is 6.33 Å². The van der Waals surface area contributed by atoms with Gasteiger partial charge in [-0.25, -0.2) is 15.0 Å². The first-order valence-electron chi connectivity index (χ1n) is 9.13. The van der Waals surface area contributed by atoms with Gasteiger partial charge in [-0.2, -0.15) is 0 Å². The standard InChI is InChI=1S/C20H21N5O/c1-24-10-8-21-17(24)11-14-5-4-9-25(12-14)20-19-18(22-13-23-20)15-6-2-3-7-16(15)26-19/h2-3,6-8,10,13-14H,4-5,9,11-12H2,1H3/t14-/m1/s1. The van der Waals surface area contributed by atoms with E-state index in [0.717, 1.165) is 59.6 Å². The molecule has 5 rings (SSSR count). The second-order valence-corrected chi connectivity index (χ2v) is 7.09. The molecule has 3 aromatic heterocycles. The number of fused-ring (bicyclic) bond motifs is 3. The van der Waals surface area contributed by atoms with Crippen LogP contribution in [0.4, 0.5) is 5.82 Å². The fourth-order valence-corrected chi connectivity index (χ4v) is 4.01. The first kappa shape index (κ1) is 15.4. The fourth-order valence-electron chi connectivity index (χ4n) is 4.01. The van der Waals surface area contributed by atoms with Gasteiger partial charge in [0.1, 0.15) is 23.3 Å². The Balaban J connectivity index is 1.48. The summed E-state index contributed by atoms with van der Waals surface area (Å²) < 4.78 is 8.23. The van der Waals surface area contributed by atoms with Crippen molar-refractivity contribution in [1.82, 2.24) is 19.5 Å². The van der Waals surface area contributed by atoms with Gasteiger partial charge in [-0.1, -0.05) is 12.1 Å². The monoisotopic (exact) mass is 347 g/mol. The van der Waals surface area contributed by atoms with Gasteiger partial charge in [0, 0.05) is 44.3 Å². The van der Waals surface area contributed by atoms with Gasteiger partial charge in [0.05, 0.1) is 0 Å². The molecule has 0 saturated carbocycles. The van der Waals surface area contributed by atoms with Gasteiger partial charge in [-0.3, -0.25) is 0 Å². The molecule has 0 amide bonds.